The minimum absolute atomic E-state index is 0.0430. The fourth-order valence-electron chi connectivity index (χ4n) is 9.24. The maximum absolute atomic E-state index is 15.0. The highest BCUT2D eigenvalue weighted by molar-refractivity contribution is 6.04. The summed E-state index contributed by atoms with van der Waals surface area (Å²) in [5.41, 5.74) is 3.11. The van der Waals surface area contributed by atoms with E-state index in [1.165, 1.54) is 7.11 Å². The van der Waals surface area contributed by atoms with E-state index in [9.17, 15) is 19.8 Å². The van der Waals surface area contributed by atoms with E-state index in [0.29, 0.717) is 55.8 Å². The highest BCUT2D eigenvalue weighted by Crippen LogP contribution is 2.62. The Morgan fingerprint density at radius 2 is 1.79 bits per heavy atom. The van der Waals surface area contributed by atoms with Gasteiger partial charge in [0.15, 0.2) is 0 Å². The first-order chi connectivity index (χ1) is 27.3. The third kappa shape index (κ3) is 8.36. The Kier molecular flexibility index (Phi) is 13.9. The van der Waals surface area contributed by atoms with Crippen molar-refractivity contribution < 1.29 is 38.9 Å². The normalized spacial score (nSPS) is 24.3. The van der Waals surface area contributed by atoms with Crippen LogP contribution < -0.4 is 14.8 Å². The summed E-state index contributed by atoms with van der Waals surface area (Å²) in [6.07, 6.45) is 9.04. The number of carbonyl (C=O) groups is 2. The molecule has 3 aliphatic rings. The molecule has 2 aliphatic carbocycles. The first-order valence-electron chi connectivity index (χ1n) is 20.2. The summed E-state index contributed by atoms with van der Waals surface area (Å²) < 4.78 is 20.1. The molecule has 3 aromatic rings. The second-order valence-electron chi connectivity index (χ2n) is 14.9. The van der Waals surface area contributed by atoms with Gasteiger partial charge < -0.3 is 39.5 Å². The van der Waals surface area contributed by atoms with Crippen LogP contribution in [0.2, 0.25) is 0 Å². The van der Waals surface area contributed by atoms with E-state index in [1.54, 1.807) is 12.1 Å². The summed E-state index contributed by atoms with van der Waals surface area (Å²) in [6, 6.07) is 18.6. The average Bonchev–Trinajstić information content (AvgIpc) is 3.20. The number of amides is 2. The number of hydrogen-bond donors (Lipinski definition) is 3. The molecule has 6 atom stereocenters. The summed E-state index contributed by atoms with van der Waals surface area (Å²) in [7, 11) is 1.54. The van der Waals surface area contributed by atoms with Crippen molar-refractivity contribution in [1.82, 2.24) is 10.2 Å². The van der Waals surface area contributed by atoms with Crippen molar-refractivity contribution >= 4 is 28.5 Å². The number of hydrogen-bond acceptors (Lipinski definition) is 9. The molecule has 0 aromatic heterocycles. The number of aliphatic hydroxyl groups excluding tert-OH is 2. The molecule has 3 aromatic carbocycles. The summed E-state index contributed by atoms with van der Waals surface area (Å²) in [5, 5.41) is 29.1. The molecule has 2 amide bonds. The largest absolute Gasteiger partial charge is 0.459 e. The maximum atomic E-state index is 15.0. The molecule has 1 fully saturated rings. The number of benzene rings is 3. The topological polar surface area (TPSA) is 139 Å². The summed E-state index contributed by atoms with van der Waals surface area (Å²) in [6.45, 7) is 9.12. The fraction of sp³-hybridized carbons (Fsp3) is 0.489. The summed E-state index contributed by atoms with van der Waals surface area (Å²) >= 11 is 0. The molecule has 300 valence electrons. The van der Waals surface area contributed by atoms with E-state index < -0.39 is 23.8 Å². The van der Waals surface area contributed by atoms with Crippen LogP contribution >= 0.6 is 0 Å². The number of rotatable bonds is 18. The highest BCUT2D eigenvalue weighted by Gasteiger charge is 2.65. The number of nitrogens with zero attached hydrogens (tertiary/aromatic N) is 2. The number of ether oxygens (including phenoxy) is 3. The van der Waals surface area contributed by atoms with Gasteiger partial charge in [0, 0.05) is 49.8 Å². The highest BCUT2D eigenvalue weighted by atomic mass is 16.7. The lowest BCUT2D eigenvalue weighted by Crippen LogP contribution is -2.70. The molecule has 1 heterocycles. The fourth-order valence-corrected chi connectivity index (χ4v) is 9.24. The lowest BCUT2D eigenvalue weighted by atomic mass is 9.55. The van der Waals surface area contributed by atoms with Crippen molar-refractivity contribution in [3.63, 3.8) is 0 Å². The van der Waals surface area contributed by atoms with Gasteiger partial charge in [0.05, 0.1) is 18.2 Å². The number of oxime groups is 1. The standard InChI is InChI=1S/C45H57N3O8/c1-5-22-48(43(51)33-19-18-30-14-8-9-15-31(30)26-33)40-29-38(47-53-4)36-27-32(16-10-12-23-49)35(17-11-13-24-50)41-37-28-34(55-44(52)46-7-3)20-21-39(37)56-45(40,42(36)41)54-25-6-2/h6,8-9,14-15,18-21,26-28,32,35,40-42,49-50H,2,5,7,10-13,16-17,22-25,29H2,1,3-4H3,(H,46,52)/t32-,35+,40-,41+,42+,45+/m0/s1. The second-order valence-corrected chi connectivity index (χ2v) is 14.9. The van der Waals surface area contributed by atoms with E-state index in [1.807, 2.05) is 66.4 Å². The van der Waals surface area contributed by atoms with Crippen molar-refractivity contribution in [2.75, 3.05) is 40.0 Å². The Morgan fingerprint density at radius 1 is 1.02 bits per heavy atom. The number of fused-ring (bicyclic) bond motifs is 3. The molecule has 0 bridgehead atoms. The molecule has 56 heavy (non-hydrogen) atoms. The van der Waals surface area contributed by atoms with Crippen molar-refractivity contribution in [3.05, 3.63) is 96.1 Å². The van der Waals surface area contributed by atoms with Gasteiger partial charge >= 0.3 is 6.09 Å². The van der Waals surface area contributed by atoms with E-state index >= 15 is 0 Å². The average molecular weight is 768 g/mol. The maximum Gasteiger partial charge on any atom is 0.412 e. The van der Waals surface area contributed by atoms with E-state index in [0.717, 1.165) is 53.3 Å². The minimum atomic E-state index is -1.38. The lowest BCUT2D eigenvalue weighted by molar-refractivity contribution is -0.254. The number of allylic oxidation sites excluding steroid dienone is 1. The van der Waals surface area contributed by atoms with Crippen LogP contribution in [0.3, 0.4) is 0 Å². The van der Waals surface area contributed by atoms with Crippen LogP contribution in [0.1, 0.15) is 87.1 Å². The van der Waals surface area contributed by atoms with Gasteiger partial charge in [0.1, 0.15) is 24.7 Å². The van der Waals surface area contributed by atoms with Crippen molar-refractivity contribution in [2.24, 2.45) is 22.9 Å². The van der Waals surface area contributed by atoms with Gasteiger partial charge in [-0.3, -0.25) is 4.79 Å². The Morgan fingerprint density at radius 3 is 2.50 bits per heavy atom. The lowest BCUT2D eigenvalue weighted by Gasteiger charge is -2.60. The molecule has 11 heteroatoms. The third-order valence-corrected chi connectivity index (χ3v) is 11.5. The van der Waals surface area contributed by atoms with Gasteiger partial charge in [-0.25, -0.2) is 4.79 Å². The van der Waals surface area contributed by atoms with Crippen LogP contribution in [0.4, 0.5) is 4.79 Å². The second kappa shape index (κ2) is 19.0. The molecule has 0 saturated heterocycles. The van der Waals surface area contributed by atoms with Crippen LogP contribution in [-0.2, 0) is 9.57 Å². The Balaban J connectivity index is 1.58. The predicted octanol–water partition coefficient (Wildman–Crippen LogP) is 7.76. The molecule has 1 aliphatic heterocycles. The first kappa shape index (κ1) is 40.9. The van der Waals surface area contributed by atoms with Crippen LogP contribution in [0.15, 0.2) is 90.1 Å². The molecule has 6 rings (SSSR count). The Hall–Kier alpha value is -4.71. The van der Waals surface area contributed by atoms with Gasteiger partial charge in [0.25, 0.3) is 5.91 Å². The molecule has 0 unspecified atom stereocenters. The first-order valence-corrected chi connectivity index (χ1v) is 20.2. The summed E-state index contributed by atoms with van der Waals surface area (Å²) in [4.78, 5) is 35.1. The molecular weight excluding hydrogens is 711 g/mol. The molecule has 11 nitrogen and oxygen atoms in total. The zero-order valence-electron chi connectivity index (χ0n) is 33.0. The Labute approximate surface area is 330 Å². The quantitative estimate of drug-likeness (QED) is 0.0679. The zero-order valence-corrected chi connectivity index (χ0v) is 33.0. The minimum Gasteiger partial charge on any atom is -0.459 e. The zero-order chi connectivity index (χ0) is 39.7. The molecule has 0 spiro atoms. The van der Waals surface area contributed by atoms with Crippen LogP contribution in [0.25, 0.3) is 10.8 Å². The van der Waals surface area contributed by atoms with Gasteiger partial charge in [-0.2, -0.15) is 0 Å². The van der Waals surface area contributed by atoms with Crippen LogP contribution in [0.5, 0.6) is 11.5 Å². The SMILES string of the molecule is C=CCO[C@@]12Oc3ccc(OC(=O)NCC)cc3[C@H]3[C@H](CCCCO)[C@@H](CCCCO)C=C(C(=NOC)C[C@@H]1N(CCC)C(=O)c1ccc4ccccc4c1)[C@H]32. The van der Waals surface area contributed by atoms with Crippen LogP contribution in [-0.4, -0.2) is 84.7 Å². The van der Waals surface area contributed by atoms with E-state index in [-0.39, 0.29) is 43.5 Å². The number of nitrogens with one attached hydrogen (secondary N) is 1. The Bertz CT molecular complexity index is 1910. The van der Waals surface area contributed by atoms with Crippen molar-refractivity contribution in [2.45, 2.75) is 83.0 Å². The molecular formula is C45H57N3O8. The van der Waals surface area contributed by atoms with Crippen LogP contribution in [0, 0.1) is 17.8 Å². The molecule has 3 N–H and O–H groups in total. The van der Waals surface area contributed by atoms with Crippen molar-refractivity contribution in [1.29, 1.82) is 0 Å². The smallest absolute Gasteiger partial charge is 0.412 e. The number of unbranched alkanes of at least 4 members (excludes halogenated alkanes) is 2. The van der Waals surface area contributed by atoms with E-state index in [2.05, 4.69) is 30.1 Å². The van der Waals surface area contributed by atoms with Gasteiger partial charge in [-0.1, -0.05) is 67.4 Å². The van der Waals surface area contributed by atoms with Gasteiger partial charge in [-0.15, -0.1) is 6.58 Å². The summed E-state index contributed by atoms with van der Waals surface area (Å²) in [5.74, 6) is -1.10. The van der Waals surface area contributed by atoms with Gasteiger partial charge in [0.2, 0.25) is 5.79 Å². The molecule has 1 saturated carbocycles. The van der Waals surface area contributed by atoms with E-state index in [4.69, 9.17) is 19.0 Å². The monoisotopic (exact) mass is 767 g/mol. The third-order valence-electron chi connectivity index (χ3n) is 11.5. The van der Waals surface area contributed by atoms with Gasteiger partial charge in [-0.05, 0) is 97.5 Å². The number of aliphatic hydroxyl groups is 2. The van der Waals surface area contributed by atoms with Crippen molar-refractivity contribution in [3.8, 4) is 11.5 Å². The number of carbonyl (C=O) groups excluding carboxylic acids is 2. The predicted molar refractivity (Wildman–Crippen MR) is 217 cm³/mol. The molecule has 0 radical (unpaired) electrons.